The summed E-state index contributed by atoms with van der Waals surface area (Å²) in [7, 11) is 0. The Bertz CT molecular complexity index is 605. The zero-order chi connectivity index (χ0) is 13.5. The van der Waals surface area contributed by atoms with Gasteiger partial charge in [0.15, 0.2) is 0 Å². The first-order valence-corrected chi connectivity index (χ1v) is 7.33. The van der Waals surface area contributed by atoms with E-state index in [4.69, 9.17) is 4.74 Å². The summed E-state index contributed by atoms with van der Waals surface area (Å²) in [6, 6.07) is 8.93. The maximum Gasteiger partial charge on any atom is 0.203 e. The van der Waals surface area contributed by atoms with Crippen molar-refractivity contribution in [3.05, 3.63) is 41.7 Å². The highest BCUT2D eigenvalue weighted by Crippen LogP contribution is 2.30. The lowest BCUT2D eigenvalue weighted by molar-refractivity contribution is 0.210. The fraction of sp³-hybridized carbons (Fsp3) is 0.438. The Labute approximate surface area is 118 Å². The monoisotopic (exact) mass is 269 g/mol. The summed E-state index contributed by atoms with van der Waals surface area (Å²) in [4.78, 5) is 4.58. The zero-order valence-corrected chi connectivity index (χ0v) is 11.7. The molecule has 1 N–H and O–H groups in total. The van der Waals surface area contributed by atoms with Gasteiger partial charge < -0.3 is 14.6 Å². The van der Waals surface area contributed by atoms with Crippen LogP contribution in [0.15, 0.2) is 30.5 Å². The van der Waals surface area contributed by atoms with Crippen molar-refractivity contribution in [2.24, 2.45) is 0 Å². The van der Waals surface area contributed by atoms with Gasteiger partial charge >= 0.3 is 0 Å². The van der Waals surface area contributed by atoms with Crippen molar-refractivity contribution in [2.75, 3.05) is 5.32 Å². The lowest BCUT2D eigenvalue weighted by Gasteiger charge is -2.14. The van der Waals surface area contributed by atoms with Crippen molar-refractivity contribution in [3.63, 3.8) is 0 Å². The van der Waals surface area contributed by atoms with E-state index < -0.39 is 0 Å². The molecule has 1 unspecified atom stereocenters. The second kappa shape index (κ2) is 4.54. The minimum atomic E-state index is 0.209. The van der Waals surface area contributed by atoms with Gasteiger partial charge in [0.05, 0.1) is 12.2 Å². The van der Waals surface area contributed by atoms with Gasteiger partial charge in [-0.05, 0) is 31.4 Å². The molecule has 1 fully saturated rings. The Hall–Kier alpha value is -1.97. The summed E-state index contributed by atoms with van der Waals surface area (Å²) in [5.74, 6) is 2.02. The number of hydrogen-bond donors (Lipinski definition) is 1. The summed E-state index contributed by atoms with van der Waals surface area (Å²) in [5, 5.41) is 3.50. The molecular formula is C16H19N3O. The number of fused-ring (bicyclic) bond motifs is 1. The van der Waals surface area contributed by atoms with Gasteiger partial charge in [0.2, 0.25) is 5.95 Å². The highest BCUT2D eigenvalue weighted by Gasteiger charge is 2.26. The zero-order valence-electron chi connectivity index (χ0n) is 11.7. The Morgan fingerprint density at radius 3 is 3.00 bits per heavy atom. The van der Waals surface area contributed by atoms with Crippen LogP contribution in [-0.2, 0) is 13.0 Å². The Morgan fingerprint density at radius 2 is 2.20 bits per heavy atom. The Morgan fingerprint density at radius 1 is 1.35 bits per heavy atom. The number of ether oxygens (including phenoxy) is 1. The first-order chi connectivity index (χ1) is 9.78. The van der Waals surface area contributed by atoms with Crippen LogP contribution in [0.3, 0.4) is 0 Å². The Kier molecular flexibility index (Phi) is 2.69. The maximum absolute atomic E-state index is 6.02. The number of imidazole rings is 1. The smallest absolute Gasteiger partial charge is 0.203 e. The number of hydrogen-bond acceptors (Lipinski definition) is 3. The van der Waals surface area contributed by atoms with Crippen LogP contribution in [0.5, 0.6) is 5.75 Å². The van der Waals surface area contributed by atoms with Gasteiger partial charge in [-0.3, -0.25) is 0 Å². The Balaban J connectivity index is 1.50. The molecule has 0 saturated heterocycles. The maximum atomic E-state index is 6.02. The van der Waals surface area contributed by atoms with Crippen molar-refractivity contribution in [2.45, 2.75) is 44.9 Å². The standard InChI is InChI=1S/C16H19N3O/c1-11-9-19(16(17-11)18-13-6-7-13)10-14-8-12-4-2-3-5-15(12)20-14/h2-5,9,13-14H,6-8,10H2,1H3,(H,17,18). The first-order valence-electron chi connectivity index (χ1n) is 7.33. The fourth-order valence-electron chi connectivity index (χ4n) is 2.79. The molecule has 1 saturated carbocycles. The molecule has 4 nitrogen and oxygen atoms in total. The van der Waals surface area contributed by atoms with Crippen molar-refractivity contribution < 1.29 is 4.74 Å². The van der Waals surface area contributed by atoms with Gasteiger partial charge in [-0.2, -0.15) is 0 Å². The molecule has 1 atom stereocenters. The van der Waals surface area contributed by atoms with Crippen LogP contribution >= 0.6 is 0 Å². The number of nitrogens with one attached hydrogen (secondary N) is 1. The van der Waals surface area contributed by atoms with Crippen LogP contribution in [0.1, 0.15) is 24.1 Å². The summed E-state index contributed by atoms with van der Waals surface area (Å²) in [6.45, 7) is 2.89. The minimum Gasteiger partial charge on any atom is -0.488 e. The molecule has 1 aromatic heterocycles. The topological polar surface area (TPSA) is 39.1 Å². The number of aryl methyl sites for hydroxylation is 1. The normalized spacial score (nSPS) is 20.6. The summed E-state index contributed by atoms with van der Waals surface area (Å²) in [6.07, 6.45) is 5.82. The molecule has 0 radical (unpaired) electrons. The average Bonchev–Trinajstić information content (AvgIpc) is 3.04. The van der Waals surface area contributed by atoms with E-state index in [0.29, 0.717) is 6.04 Å². The molecule has 104 valence electrons. The lowest BCUT2D eigenvalue weighted by Crippen LogP contribution is -2.22. The highest BCUT2D eigenvalue weighted by atomic mass is 16.5. The predicted molar refractivity (Wildman–Crippen MR) is 78.2 cm³/mol. The second-order valence-electron chi connectivity index (χ2n) is 5.83. The number of benzene rings is 1. The van der Waals surface area contributed by atoms with Crippen molar-refractivity contribution in [1.82, 2.24) is 9.55 Å². The lowest BCUT2D eigenvalue weighted by atomic mass is 10.1. The third-order valence-corrected chi connectivity index (χ3v) is 3.92. The number of rotatable bonds is 4. The fourth-order valence-corrected chi connectivity index (χ4v) is 2.79. The molecule has 1 aromatic carbocycles. The van der Waals surface area contributed by atoms with Gasteiger partial charge in [-0.1, -0.05) is 18.2 Å². The molecule has 2 aromatic rings. The second-order valence-corrected chi connectivity index (χ2v) is 5.83. The molecular weight excluding hydrogens is 250 g/mol. The third kappa shape index (κ3) is 2.26. The number of nitrogens with zero attached hydrogens (tertiary/aromatic N) is 2. The van der Waals surface area contributed by atoms with Crippen LogP contribution in [-0.4, -0.2) is 21.7 Å². The molecule has 4 heteroatoms. The van der Waals surface area contributed by atoms with Crippen LogP contribution in [0.4, 0.5) is 5.95 Å². The molecule has 2 aliphatic rings. The number of para-hydroxylation sites is 1. The molecule has 2 heterocycles. The predicted octanol–water partition coefficient (Wildman–Crippen LogP) is 2.77. The van der Waals surface area contributed by atoms with E-state index in [1.165, 1.54) is 18.4 Å². The van der Waals surface area contributed by atoms with E-state index in [1.807, 2.05) is 13.0 Å². The molecule has 4 rings (SSSR count). The summed E-state index contributed by atoms with van der Waals surface area (Å²) < 4.78 is 8.22. The molecule has 0 amide bonds. The minimum absolute atomic E-state index is 0.209. The average molecular weight is 269 g/mol. The van der Waals surface area contributed by atoms with Crippen LogP contribution in [0.25, 0.3) is 0 Å². The van der Waals surface area contributed by atoms with Crippen LogP contribution < -0.4 is 10.1 Å². The SMILES string of the molecule is Cc1cn(CC2Cc3ccccc3O2)c(NC2CC2)n1. The van der Waals surface area contributed by atoms with Gasteiger partial charge in [-0.15, -0.1) is 0 Å². The van der Waals surface area contributed by atoms with Gasteiger partial charge in [0.1, 0.15) is 11.9 Å². The van der Waals surface area contributed by atoms with Crippen molar-refractivity contribution >= 4 is 5.95 Å². The molecule has 1 aliphatic carbocycles. The van der Waals surface area contributed by atoms with Gasteiger partial charge in [-0.25, -0.2) is 4.98 Å². The molecule has 1 aliphatic heterocycles. The van der Waals surface area contributed by atoms with Gasteiger partial charge in [0, 0.05) is 18.7 Å². The summed E-state index contributed by atoms with van der Waals surface area (Å²) >= 11 is 0. The van der Waals surface area contributed by atoms with E-state index in [-0.39, 0.29) is 6.10 Å². The van der Waals surface area contributed by atoms with E-state index in [0.717, 1.165) is 30.4 Å². The van der Waals surface area contributed by atoms with Gasteiger partial charge in [0.25, 0.3) is 0 Å². The molecule has 20 heavy (non-hydrogen) atoms. The largest absolute Gasteiger partial charge is 0.488 e. The van der Waals surface area contributed by atoms with E-state index in [1.54, 1.807) is 0 Å². The highest BCUT2D eigenvalue weighted by molar-refractivity contribution is 5.38. The van der Waals surface area contributed by atoms with Crippen LogP contribution in [0, 0.1) is 6.92 Å². The number of anilines is 1. The van der Waals surface area contributed by atoms with Crippen LogP contribution in [0.2, 0.25) is 0 Å². The third-order valence-electron chi connectivity index (χ3n) is 3.92. The first kappa shape index (κ1) is 11.8. The van der Waals surface area contributed by atoms with Crippen molar-refractivity contribution in [3.8, 4) is 5.75 Å². The summed E-state index contributed by atoms with van der Waals surface area (Å²) in [5.41, 5.74) is 2.37. The van der Waals surface area contributed by atoms with E-state index in [2.05, 4.69) is 39.3 Å². The van der Waals surface area contributed by atoms with Crippen molar-refractivity contribution in [1.29, 1.82) is 0 Å². The molecule has 0 bridgehead atoms. The van der Waals surface area contributed by atoms with E-state index >= 15 is 0 Å². The number of aromatic nitrogens is 2. The quantitative estimate of drug-likeness (QED) is 0.927. The van der Waals surface area contributed by atoms with E-state index in [9.17, 15) is 0 Å². The molecule has 0 spiro atoms.